The van der Waals surface area contributed by atoms with Crippen LogP contribution in [-0.2, 0) is 54.5 Å². The number of carboxylic acids is 1. The first kappa shape index (κ1) is 81.1. The van der Waals surface area contributed by atoms with E-state index in [1.807, 2.05) is 60.3 Å². The van der Waals surface area contributed by atoms with Gasteiger partial charge in [0, 0.05) is 31.7 Å². The van der Waals surface area contributed by atoms with Crippen molar-refractivity contribution in [2.75, 3.05) is 89.8 Å². The van der Waals surface area contributed by atoms with Crippen LogP contribution in [0.1, 0.15) is 191 Å². The third-order valence-corrected chi connectivity index (χ3v) is 24.0. The lowest BCUT2D eigenvalue weighted by Gasteiger charge is -2.38. The number of aryl methyl sites for hydroxylation is 3. The van der Waals surface area contributed by atoms with Gasteiger partial charge in [0.25, 0.3) is 0 Å². The number of nitrogens with two attached hydrogens (primary N) is 3. The molecule has 3 aliphatic heterocycles. The highest BCUT2D eigenvalue weighted by molar-refractivity contribution is 7.19. The summed E-state index contributed by atoms with van der Waals surface area (Å²) < 4.78 is 3.55. The third kappa shape index (κ3) is 20.4. The molecule has 2 unspecified atom stereocenters. The van der Waals surface area contributed by atoms with Crippen molar-refractivity contribution in [2.45, 2.75) is 163 Å². The standard InChI is InChI=1S/2C26H34N6O2S.C17H25N3S.C10H12N2O3/c2*1-6-17-11-19(13-28-23(17)27)29-24(33)26(34)32-14-15(2)7-9-21(32)18-8-10-22-20(12-18)30-25(35-22)16(3)31(4)5;1-11-5-7-14(18-10-11)13-6-8-16-15(9-13)19-17(21-16)12(2)20(3)4;1-2-7-3-6(5-12-9(7)11)4-8(13)10(14)15/h2*8,10-13,15-16,21H,6-7,9,14H2,1-5H3,(H2,27,28)(H,29,33);6,8-9,11-12,14,18H,5,7,10H2,1-4H3;3,5H,2,4H2,1H3,(H2,11,12)(H,14,15)/t15-,16?,21+;15-,16+,21+;11-,12?,14+;/m000./s1. The van der Waals surface area contributed by atoms with E-state index in [9.17, 15) is 28.8 Å². The van der Waals surface area contributed by atoms with Gasteiger partial charge in [-0.2, -0.15) is 0 Å². The van der Waals surface area contributed by atoms with Gasteiger partial charge in [-0.15, -0.1) is 34.0 Å². The van der Waals surface area contributed by atoms with Crippen LogP contribution in [0.2, 0.25) is 0 Å². The van der Waals surface area contributed by atoms with Crippen LogP contribution in [0.15, 0.2) is 91.4 Å². The fourth-order valence-corrected chi connectivity index (χ4v) is 16.3. The van der Waals surface area contributed by atoms with E-state index < -0.39 is 35.4 Å². The second-order valence-electron chi connectivity index (χ2n) is 29.0. The topological polar surface area (TPSA) is 330 Å². The Morgan fingerprint density at radius 2 is 0.887 bits per heavy atom. The molecule has 12 rings (SSSR count). The predicted octanol–water partition coefficient (Wildman–Crippen LogP) is 13.2. The molecule has 106 heavy (non-hydrogen) atoms. The number of rotatable bonds is 17. The highest BCUT2D eigenvalue weighted by atomic mass is 32.1. The van der Waals surface area contributed by atoms with Gasteiger partial charge < -0.3 is 62.8 Å². The average Bonchev–Trinajstić information content (AvgIpc) is 1.10. The molecule has 24 nitrogen and oxygen atoms in total. The number of nitrogens with one attached hydrogen (secondary N) is 3. The summed E-state index contributed by atoms with van der Waals surface area (Å²) in [5, 5.41) is 20.9. The van der Waals surface area contributed by atoms with Crippen molar-refractivity contribution in [3.05, 3.63) is 145 Å². The molecular weight excluding hydrogens is 1400 g/mol. The van der Waals surface area contributed by atoms with Gasteiger partial charge in [0.2, 0.25) is 5.78 Å². The van der Waals surface area contributed by atoms with Gasteiger partial charge in [-0.25, -0.2) is 34.7 Å². The minimum absolute atomic E-state index is 0.143. The zero-order chi connectivity index (χ0) is 77.0. The van der Waals surface area contributed by atoms with Crippen molar-refractivity contribution >= 4 is 129 Å². The smallest absolute Gasteiger partial charge is 0.372 e. The van der Waals surface area contributed by atoms with E-state index in [2.05, 4.69) is 156 Å². The van der Waals surface area contributed by atoms with Gasteiger partial charge in [-0.05, 0) is 233 Å². The number of carboxylic acid groups (broad SMARTS) is 1. The van der Waals surface area contributed by atoms with Crippen molar-refractivity contribution < 1.29 is 33.9 Å². The quantitative estimate of drug-likeness (QED) is 0.0416. The minimum atomic E-state index is -1.43. The summed E-state index contributed by atoms with van der Waals surface area (Å²) in [6.07, 6.45) is 12.5. The lowest BCUT2D eigenvalue weighted by molar-refractivity contribution is -0.148. The van der Waals surface area contributed by atoms with Crippen LogP contribution in [0.25, 0.3) is 30.6 Å². The van der Waals surface area contributed by atoms with Crippen molar-refractivity contribution in [2.24, 2.45) is 17.8 Å². The minimum Gasteiger partial charge on any atom is -0.475 e. The number of piperidine rings is 3. The molecular formula is C79H105N17O7S3. The summed E-state index contributed by atoms with van der Waals surface area (Å²) in [7, 11) is 12.4. The number of pyridine rings is 3. The molecule has 0 saturated carbocycles. The Hall–Kier alpha value is -8.96. The van der Waals surface area contributed by atoms with Crippen LogP contribution in [0.3, 0.4) is 0 Å². The number of aliphatic carboxylic acids is 1. The van der Waals surface area contributed by atoms with Crippen LogP contribution < -0.4 is 33.2 Å². The van der Waals surface area contributed by atoms with E-state index in [1.54, 1.807) is 50.7 Å². The summed E-state index contributed by atoms with van der Waals surface area (Å²) in [5.74, 6) is -1.91. The number of aromatic nitrogens is 6. The van der Waals surface area contributed by atoms with Crippen LogP contribution >= 0.6 is 34.0 Å². The first-order valence-corrected chi connectivity index (χ1v) is 39.0. The van der Waals surface area contributed by atoms with Gasteiger partial charge in [0.15, 0.2) is 0 Å². The second-order valence-corrected chi connectivity index (χ2v) is 32.2. The van der Waals surface area contributed by atoms with Gasteiger partial charge >= 0.3 is 29.6 Å². The molecule has 0 spiro atoms. The van der Waals surface area contributed by atoms with Crippen molar-refractivity contribution in [1.29, 1.82) is 0 Å². The number of benzene rings is 3. The first-order chi connectivity index (χ1) is 50.4. The maximum absolute atomic E-state index is 13.3. The van der Waals surface area contributed by atoms with E-state index in [-0.39, 0.29) is 30.6 Å². The van der Waals surface area contributed by atoms with Gasteiger partial charge in [-0.3, -0.25) is 24.0 Å². The van der Waals surface area contributed by atoms with E-state index in [0.717, 1.165) is 102 Å². The van der Waals surface area contributed by atoms with Gasteiger partial charge in [0.1, 0.15) is 32.5 Å². The number of nitrogen functional groups attached to an aromatic ring is 3. The Balaban J connectivity index is 0.000000172. The zero-order valence-corrected chi connectivity index (χ0v) is 66.3. The molecule has 566 valence electrons. The van der Waals surface area contributed by atoms with Crippen LogP contribution in [0.5, 0.6) is 0 Å². The highest BCUT2D eigenvalue weighted by Crippen LogP contribution is 2.40. The molecule has 4 amide bonds. The first-order valence-electron chi connectivity index (χ1n) is 36.6. The number of ketones is 1. The number of carbonyl (C=O) groups is 6. The summed E-state index contributed by atoms with van der Waals surface area (Å²) in [6, 6.07) is 25.5. The molecule has 3 aliphatic rings. The number of hydrogen-bond donors (Lipinski definition) is 7. The number of thiazole rings is 3. The average molecular weight is 1500 g/mol. The third-order valence-electron chi connectivity index (χ3n) is 20.4. The molecule has 9 heterocycles. The van der Waals surface area contributed by atoms with E-state index in [4.69, 9.17) is 37.3 Å². The summed E-state index contributed by atoms with van der Waals surface area (Å²) in [6.45, 7) is 21.1. The van der Waals surface area contributed by atoms with Gasteiger partial charge in [-0.1, -0.05) is 65.8 Å². The summed E-state index contributed by atoms with van der Waals surface area (Å²) >= 11 is 5.20. The number of amides is 4. The van der Waals surface area contributed by atoms with Crippen LogP contribution in [0, 0.1) is 17.8 Å². The molecule has 9 atom stereocenters. The SMILES string of the molecule is CC(c1nc2cc([C@H]3CC[C@H](C)CN3)ccc2s1)N(C)C.CCc1cc(CC(=O)C(=O)O)cnc1N.CCc1cc(NC(=O)C(=O)N2C[C@@H](C)CC[C@@H]2c2ccc3sc(C(C)N(C)C)nc3c2)cnc1N.CCc1cc(NC(=O)C(=O)N2C[C@@H](C)CC[C@@H]2c2ccc3sc([C@@H](C)N(C)C)nc3c2)cnc1N. The number of anilines is 5. The maximum Gasteiger partial charge on any atom is 0.372 e. The maximum atomic E-state index is 13.3. The highest BCUT2D eigenvalue weighted by Gasteiger charge is 2.37. The molecule has 0 radical (unpaired) electrons. The molecule has 3 fully saturated rings. The number of likely N-dealkylation sites (tertiary alicyclic amines) is 2. The molecule has 6 aromatic heterocycles. The molecule has 9 aromatic rings. The van der Waals surface area contributed by atoms with E-state index >= 15 is 0 Å². The fraction of sp³-hybridized carbons (Fsp3) is 0.468. The molecule has 0 bridgehead atoms. The summed E-state index contributed by atoms with van der Waals surface area (Å²) in [4.78, 5) is 111. The fourth-order valence-electron chi connectivity index (χ4n) is 13.0. The van der Waals surface area contributed by atoms with Crippen LogP contribution in [-0.4, -0.2) is 157 Å². The number of fused-ring (bicyclic) bond motifs is 3. The van der Waals surface area contributed by atoms with Crippen molar-refractivity contribution in [3.8, 4) is 0 Å². The van der Waals surface area contributed by atoms with Gasteiger partial charge in [0.05, 0.1) is 84.6 Å². The Morgan fingerprint density at radius 3 is 1.25 bits per heavy atom. The largest absolute Gasteiger partial charge is 0.475 e. The molecule has 3 aromatic carbocycles. The zero-order valence-electron chi connectivity index (χ0n) is 63.8. The molecule has 3 saturated heterocycles. The monoisotopic (exact) mass is 1500 g/mol. The van der Waals surface area contributed by atoms with Crippen LogP contribution in [0.4, 0.5) is 28.8 Å². The Kier molecular flexibility index (Phi) is 28.0. The summed E-state index contributed by atoms with van der Waals surface area (Å²) in [5.41, 5.74) is 27.8. The molecule has 10 N–H and O–H groups in total. The van der Waals surface area contributed by atoms with E-state index in [1.165, 1.54) is 46.7 Å². The Labute approximate surface area is 634 Å². The van der Waals surface area contributed by atoms with Crippen molar-refractivity contribution in [1.82, 2.24) is 59.7 Å². The Morgan fingerprint density at radius 1 is 0.519 bits per heavy atom. The van der Waals surface area contributed by atoms with Crippen molar-refractivity contribution in [3.63, 3.8) is 0 Å². The number of hydrogen-bond acceptors (Lipinski definition) is 22. The number of nitrogens with zero attached hydrogens (tertiary/aromatic N) is 11. The lowest BCUT2D eigenvalue weighted by Crippen LogP contribution is -2.46. The lowest BCUT2D eigenvalue weighted by atomic mass is 9.89. The number of Topliss-reactive ketones (excluding diaryl/α,β-unsaturated/α-hetero) is 1. The molecule has 0 aliphatic carbocycles. The molecule has 27 heteroatoms. The number of carbonyl (C=O) groups excluding carboxylic acids is 5. The van der Waals surface area contributed by atoms with E-state index in [0.29, 0.717) is 90.7 Å². The predicted molar refractivity (Wildman–Crippen MR) is 428 cm³/mol. The normalized spacial score (nSPS) is 19.0. The second kappa shape index (κ2) is 36.6. The Bertz CT molecular complexity index is 4390.